The molecule has 2 heterocycles. The third kappa shape index (κ3) is 4.64. The number of halogens is 1. The van der Waals surface area contributed by atoms with Crippen molar-refractivity contribution >= 4 is 16.1 Å². The molecular weight excluding hydrogens is 361 g/mol. The molecule has 2 aliphatic heterocycles. The van der Waals surface area contributed by atoms with Crippen LogP contribution in [-0.2, 0) is 10.0 Å². The number of ether oxygens (including phenoxy) is 1. The van der Waals surface area contributed by atoms with Crippen LogP contribution in [0.15, 0.2) is 18.2 Å². The van der Waals surface area contributed by atoms with Crippen LogP contribution in [0.25, 0.3) is 0 Å². The Balaban J connectivity index is 1.64. The van der Waals surface area contributed by atoms with Gasteiger partial charge >= 0.3 is 6.03 Å². The molecule has 0 aromatic heterocycles. The average molecular weight is 385 g/mol. The number of hydrogen-bond acceptors (Lipinski definition) is 4. The molecule has 0 aliphatic carbocycles. The lowest BCUT2D eigenvalue weighted by atomic mass is 10.0. The maximum atomic E-state index is 13.6. The number of amides is 2. The van der Waals surface area contributed by atoms with Crippen LogP contribution in [0.4, 0.5) is 9.18 Å². The van der Waals surface area contributed by atoms with Crippen molar-refractivity contribution in [1.29, 1.82) is 0 Å². The van der Waals surface area contributed by atoms with Gasteiger partial charge in [0.2, 0.25) is 10.0 Å². The van der Waals surface area contributed by atoms with Crippen LogP contribution in [0.5, 0.6) is 5.75 Å². The molecule has 1 aromatic rings. The maximum absolute atomic E-state index is 13.6. The fourth-order valence-electron chi connectivity index (χ4n) is 3.44. The molecule has 1 fully saturated rings. The number of carbonyl (C=O) groups is 1. The Hall–Kier alpha value is -1.87. The monoisotopic (exact) mass is 385 g/mol. The van der Waals surface area contributed by atoms with Crippen molar-refractivity contribution in [2.75, 3.05) is 26.0 Å². The molecule has 7 nitrogen and oxygen atoms in total. The SMILES string of the molecule is CS(=O)(=O)N1CCCC(NC(=O)NC2CCCOc3ccc(F)cc32)C1. The zero-order chi connectivity index (χ0) is 18.7. The summed E-state index contributed by atoms with van der Waals surface area (Å²) < 4.78 is 44.0. The van der Waals surface area contributed by atoms with Gasteiger partial charge in [-0.1, -0.05) is 0 Å². The van der Waals surface area contributed by atoms with E-state index >= 15 is 0 Å². The lowest BCUT2D eigenvalue weighted by Crippen LogP contribution is -2.52. The third-order valence-corrected chi connectivity index (χ3v) is 6.01. The second-order valence-electron chi connectivity index (χ2n) is 6.80. The number of carbonyl (C=O) groups excluding carboxylic acids is 1. The fraction of sp³-hybridized carbons (Fsp3) is 0.588. The molecule has 2 amide bonds. The van der Waals surface area contributed by atoms with E-state index in [9.17, 15) is 17.6 Å². The van der Waals surface area contributed by atoms with Crippen LogP contribution in [0.3, 0.4) is 0 Å². The van der Waals surface area contributed by atoms with Gasteiger partial charge < -0.3 is 15.4 Å². The molecule has 144 valence electrons. The first kappa shape index (κ1) is 18.9. The van der Waals surface area contributed by atoms with E-state index in [1.54, 1.807) is 6.07 Å². The first-order valence-corrected chi connectivity index (χ1v) is 10.6. The average Bonchev–Trinajstić information content (AvgIpc) is 2.76. The molecule has 1 saturated heterocycles. The minimum absolute atomic E-state index is 0.243. The van der Waals surface area contributed by atoms with Gasteiger partial charge in [0.25, 0.3) is 0 Å². The molecule has 0 saturated carbocycles. The highest BCUT2D eigenvalue weighted by molar-refractivity contribution is 7.88. The van der Waals surface area contributed by atoms with Crippen molar-refractivity contribution in [1.82, 2.24) is 14.9 Å². The number of fused-ring (bicyclic) bond motifs is 1. The topological polar surface area (TPSA) is 87.7 Å². The number of nitrogens with one attached hydrogen (secondary N) is 2. The summed E-state index contributed by atoms with van der Waals surface area (Å²) in [4.78, 5) is 12.4. The number of hydrogen-bond donors (Lipinski definition) is 2. The summed E-state index contributed by atoms with van der Waals surface area (Å²) in [5.41, 5.74) is 0.624. The minimum atomic E-state index is -3.27. The van der Waals surface area contributed by atoms with E-state index in [4.69, 9.17) is 4.74 Å². The quantitative estimate of drug-likeness (QED) is 0.830. The van der Waals surface area contributed by atoms with Gasteiger partial charge in [-0.3, -0.25) is 0 Å². The molecule has 2 atom stereocenters. The largest absolute Gasteiger partial charge is 0.493 e. The Labute approximate surface area is 152 Å². The number of urea groups is 1. The Kier molecular flexibility index (Phi) is 5.67. The second-order valence-corrected chi connectivity index (χ2v) is 8.79. The summed E-state index contributed by atoms with van der Waals surface area (Å²) >= 11 is 0. The first-order valence-electron chi connectivity index (χ1n) is 8.77. The Morgan fingerprint density at radius 3 is 2.85 bits per heavy atom. The molecule has 0 bridgehead atoms. The van der Waals surface area contributed by atoms with Crippen molar-refractivity contribution < 1.29 is 22.3 Å². The minimum Gasteiger partial charge on any atom is -0.493 e. The van der Waals surface area contributed by atoms with E-state index in [1.807, 2.05) is 0 Å². The van der Waals surface area contributed by atoms with E-state index < -0.39 is 10.0 Å². The smallest absolute Gasteiger partial charge is 0.315 e. The molecule has 1 aromatic carbocycles. The summed E-state index contributed by atoms with van der Waals surface area (Å²) in [7, 11) is -3.27. The number of nitrogens with zero attached hydrogens (tertiary/aromatic N) is 1. The molecular formula is C17H24FN3O4S. The van der Waals surface area contributed by atoms with E-state index in [2.05, 4.69) is 10.6 Å². The summed E-state index contributed by atoms with van der Waals surface area (Å²) in [5.74, 6) is 0.202. The van der Waals surface area contributed by atoms with Gasteiger partial charge in [-0.2, -0.15) is 0 Å². The van der Waals surface area contributed by atoms with Crippen LogP contribution in [-0.4, -0.2) is 50.7 Å². The first-order chi connectivity index (χ1) is 12.3. The number of piperidine rings is 1. The highest BCUT2D eigenvalue weighted by Gasteiger charge is 2.28. The van der Waals surface area contributed by atoms with E-state index in [0.717, 1.165) is 12.8 Å². The summed E-state index contributed by atoms with van der Waals surface area (Å²) in [5, 5.41) is 5.72. The van der Waals surface area contributed by atoms with Crippen LogP contribution < -0.4 is 15.4 Å². The molecule has 26 heavy (non-hydrogen) atoms. The van der Waals surface area contributed by atoms with Crippen LogP contribution in [0, 0.1) is 5.82 Å². The summed E-state index contributed by atoms with van der Waals surface area (Å²) in [6.07, 6.45) is 3.98. The molecule has 3 rings (SSSR count). The molecule has 2 unspecified atom stereocenters. The summed E-state index contributed by atoms with van der Waals surface area (Å²) in [6.45, 7) is 1.26. The van der Waals surface area contributed by atoms with E-state index in [1.165, 1.54) is 22.7 Å². The van der Waals surface area contributed by atoms with Gasteiger partial charge in [0.05, 0.1) is 18.9 Å². The van der Waals surface area contributed by atoms with Crippen molar-refractivity contribution in [3.05, 3.63) is 29.6 Å². The molecule has 9 heteroatoms. The number of rotatable bonds is 3. The third-order valence-electron chi connectivity index (χ3n) is 4.74. The lowest BCUT2D eigenvalue weighted by molar-refractivity contribution is 0.221. The lowest BCUT2D eigenvalue weighted by Gasteiger charge is -2.31. The van der Waals surface area contributed by atoms with Gasteiger partial charge in [0.1, 0.15) is 11.6 Å². The molecule has 2 N–H and O–H groups in total. The van der Waals surface area contributed by atoms with Gasteiger partial charge in [0.15, 0.2) is 0 Å². The van der Waals surface area contributed by atoms with Gasteiger partial charge in [-0.05, 0) is 43.9 Å². The Morgan fingerprint density at radius 1 is 1.27 bits per heavy atom. The maximum Gasteiger partial charge on any atom is 0.315 e. The number of sulfonamides is 1. The second kappa shape index (κ2) is 7.79. The summed E-state index contributed by atoms with van der Waals surface area (Å²) in [6, 6.07) is 3.33. The van der Waals surface area contributed by atoms with Crippen molar-refractivity contribution in [2.45, 2.75) is 37.8 Å². The zero-order valence-electron chi connectivity index (χ0n) is 14.7. The van der Waals surface area contributed by atoms with Gasteiger partial charge in [0, 0.05) is 24.7 Å². The van der Waals surface area contributed by atoms with E-state index in [-0.39, 0.29) is 30.5 Å². The Bertz CT molecular complexity index is 771. The zero-order valence-corrected chi connectivity index (χ0v) is 15.5. The standard InChI is InChI=1S/C17H24FN3O4S/c1-26(23,24)21-8-2-4-13(11-21)19-17(22)20-15-5-3-9-25-16-7-6-12(18)10-14(15)16/h6-7,10,13,15H,2-5,8-9,11H2,1H3,(H2,19,20,22). The molecule has 0 radical (unpaired) electrons. The van der Waals surface area contributed by atoms with Crippen molar-refractivity contribution in [3.8, 4) is 5.75 Å². The molecule has 2 aliphatic rings. The predicted molar refractivity (Wildman–Crippen MR) is 95.0 cm³/mol. The van der Waals surface area contributed by atoms with Crippen LogP contribution >= 0.6 is 0 Å². The van der Waals surface area contributed by atoms with Crippen molar-refractivity contribution in [3.63, 3.8) is 0 Å². The van der Waals surface area contributed by atoms with Gasteiger partial charge in [-0.25, -0.2) is 21.9 Å². The molecule has 0 spiro atoms. The number of benzene rings is 1. The fourth-order valence-corrected chi connectivity index (χ4v) is 4.36. The Morgan fingerprint density at radius 2 is 2.08 bits per heavy atom. The normalized spacial score (nSPS) is 24.1. The van der Waals surface area contributed by atoms with E-state index in [0.29, 0.717) is 37.3 Å². The highest BCUT2D eigenvalue weighted by Crippen LogP contribution is 2.32. The van der Waals surface area contributed by atoms with Crippen LogP contribution in [0.2, 0.25) is 0 Å². The highest BCUT2D eigenvalue weighted by atomic mass is 32.2. The van der Waals surface area contributed by atoms with Crippen LogP contribution in [0.1, 0.15) is 37.3 Å². The van der Waals surface area contributed by atoms with Crippen molar-refractivity contribution in [2.24, 2.45) is 0 Å². The van der Waals surface area contributed by atoms with Gasteiger partial charge in [-0.15, -0.1) is 0 Å². The predicted octanol–water partition coefficient (Wildman–Crippen LogP) is 1.76.